The molecule has 0 aliphatic heterocycles. The fourth-order valence-corrected chi connectivity index (χ4v) is 3.35. The van der Waals surface area contributed by atoms with Gasteiger partial charge in [0, 0.05) is 28.2 Å². The smallest absolute Gasteiger partial charge is 0.140 e. The van der Waals surface area contributed by atoms with E-state index in [9.17, 15) is 0 Å². The molecule has 0 bridgehead atoms. The lowest BCUT2D eigenvalue weighted by Crippen LogP contribution is -1.94. The highest BCUT2D eigenvalue weighted by Crippen LogP contribution is 2.24. The molecule has 0 aliphatic carbocycles. The molecule has 0 aliphatic rings. The maximum absolute atomic E-state index is 5.80. The second-order valence-electron chi connectivity index (χ2n) is 4.56. The van der Waals surface area contributed by atoms with Gasteiger partial charge in [0.15, 0.2) is 0 Å². The zero-order chi connectivity index (χ0) is 15.2. The molecule has 0 N–H and O–H groups in total. The van der Waals surface area contributed by atoms with E-state index in [1.54, 1.807) is 23.7 Å². The first-order valence-corrected chi connectivity index (χ1v) is 8.92. The molecule has 5 heteroatoms. The maximum atomic E-state index is 5.80. The second kappa shape index (κ2) is 7.42. The van der Waals surface area contributed by atoms with Crippen molar-refractivity contribution in [1.29, 1.82) is 0 Å². The standard InChI is InChI=1S/C17H16N2OS2/c1-2-21-15-5-3-14(4-6-15)20-11-17-19-16(12-22-17)13-7-9-18-10-8-13/h3-10,12H,2,11H2,1H3. The molecule has 0 fully saturated rings. The monoisotopic (exact) mass is 328 g/mol. The van der Waals surface area contributed by atoms with Crippen LogP contribution in [0.5, 0.6) is 5.75 Å². The molecule has 3 aromatic rings. The number of thiazole rings is 1. The van der Waals surface area contributed by atoms with Crippen LogP contribution in [-0.2, 0) is 6.61 Å². The van der Waals surface area contributed by atoms with E-state index in [4.69, 9.17) is 4.74 Å². The first-order chi connectivity index (χ1) is 10.8. The summed E-state index contributed by atoms with van der Waals surface area (Å²) in [6, 6.07) is 12.1. The van der Waals surface area contributed by atoms with Crippen molar-refractivity contribution in [2.75, 3.05) is 5.75 Å². The van der Waals surface area contributed by atoms with Crippen molar-refractivity contribution in [2.45, 2.75) is 18.4 Å². The van der Waals surface area contributed by atoms with Gasteiger partial charge in [-0.3, -0.25) is 4.98 Å². The van der Waals surface area contributed by atoms with Crippen molar-refractivity contribution in [2.24, 2.45) is 0 Å². The van der Waals surface area contributed by atoms with Gasteiger partial charge in [0.2, 0.25) is 0 Å². The van der Waals surface area contributed by atoms with Crippen LogP contribution in [0.2, 0.25) is 0 Å². The number of benzene rings is 1. The summed E-state index contributed by atoms with van der Waals surface area (Å²) in [5.41, 5.74) is 2.05. The number of hydrogen-bond donors (Lipinski definition) is 0. The Morgan fingerprint density at radius 1 is 1.09 bits per heavy atom. The number of thioether (sulfide) groups is 1. The molecular weight excluding hydrogens is 312 g/mol. The zero-order valence-electron chi connectivity index (χ0n) is 12.2. The van der Waals surface area contributed by atoms with Crippen LogP contribution in [0.25, 0.3) is 11.3 Å². The van der Waals surface area contributed by atoms with Gasteiger partial charge < -0.3 is 4.74 Å². The molecule has 22 heavy (non-hydrogen) atoms. The third kappa shape index (κ3) is 3.87. The number of rotatable bonds is 6. The van der Waals surface area contributed by atoms with E-state index in [0.717, 1.165) is 27.8 Å². The van der Waals surface area contributed by atoms with Crippen LogP contribution in [0, 0.1) is 0 Å². The Morgan fingerprint density at radius 3 is 2.59 bits per heavy atom. The fraction of sp³-hybridized carbons (Fsp3) is 0.176. The minimum Gasteiger partial charge on any atom is -0.486 e. The van der Waals surface area contributed by atoms with E-state index < -0.39 is 0 Å². The van der Waals surface area contributed by atoms with Crippen LogP contribution in [0.1, 0.15) is 11.9 Å². The zero-order valence-corrected chi connectivity index (χ0v) is 13.9. The highest BCUT2D eigenvalue weighted by molar-refractivity contribution is 7.99. The van der Waals surface area contributed by atoms with Crippen LogP contribution in [0.3, 0.4) is 0 Å². The van der Waals surface area contributed by atoms with Crippen molar-refractivity contribution < 1.29 is 4.74 Å². The maximum Gasteiger partial charge on any atom is 0.140 e. The lowest BCUT2D eigenvalue weighted by Gasteiger charge is -2.05. The Morgan fingerprint density at radius 2 is 1.86 bits per heavy atom. The van der Waals surface area contributed by atoms with E-state index in [1.165, 1.54) is 4.90 Å². The average molecular weight is 328 g/mol. The molecule has 2 heterocycles. The van der Waals surface area contributed by atoms with E-state index in [0.29, 0.717) is 6.61 Å². The largest absolute Gasteiger partial charge is 0.486 e. The third-order valence-corrected chi connectivity index (χ3v) is 4.74. The summed E-state index contributed by atoms with van der Waals surface area (Å²) in [7, 11) is 0. The van der Waals surface area contributed by atoms with E-state index >= 15 is 0 Å². The Hall–Kier alpha value is -1.85. The van der Waals surface area contributed by atoms with Crippen LogP contribution < -0.4 is 4.74 Å². The van der Waals surface area contributed by atoms with Gasteiger partial charge in [-0.15, -0.1) is 23.1 Å². The molecule has 0 spiro atoms. The van der Waals surface area contributed by atoms with Gasteiger partial charge in [-0.05, 0) is 42.2 Å². The molecule has 112 valence electrons. The van der Waals surface area contributed by atoms with E-state index in [2.05, 4.69) is 34.4 Å². The average Bonchev–Trinajstić information content (AvgIpc) is 3.04. The lowest BCUT2D eigenvalue weighted by molar-refractivity contribution is 0.305. The summed E-state index contributed by atoms with van der Waals surface area (Å²) >= 11 is 3.44. The van der Waals surface area contributed by atoms with Crippen LogP contribution >= 0.6 is 23.1 Å². The molecule has 1 aromatic carbocycles. The van der Waals surface area contributed by atoms with Gasteiger partial charge in [-0.2, -0.15) is 0 Å². The SMILES string of the molecule is CCSc1ccc(OCc2nc(-c3ccncc3)cs2)cc1. The predicted molar refractivity (Wildman–Crippen MR) is 92.5 cm³/mol. The Bertz CT molecular complexity index is 711. The first kappa shape index (κ1) is 15.1. The molecule has 2 aromatic heterocycles. The number of pyridine rings is 1. The fourth-order valence-electron chi connectivity index (χ4n) is 1.98. The summed E-state index contributed by atoms with van der Waals surface area (Å²) in [5.74, 6) is 1.96. The summed E-state index contributed by atoms with van der Waals surface area (Å²) in [4.78, 5) is 9.89. The Balaban J connectivity index is 1.61. The van der Waals surface area contributed by atoms with Crippen LogP contribution in [0.4, 0.5) is 0 Å². The Labute approximate surface area is 138 Å². The molecule has 0 unspecified atom stereocenters. The third-order valence-electron chi connectivity index (χ3n) is 3.02. The minimum atomic E-state index is 0.496. The van der Waals surface area contributed by atoms with Gasteiger partial charge in [-0.25, -0.2) is 4.98 Å². The number of nitrogens with zero attached hydrogens (tertiary/aromatic N) is 2. The summed E-state index contributed by atoms with van der Waals surface area (Å²) < 4.78 is 5.80. The molecule has 0 radical (unpaired) electrons. The normalized spacial score (nSPS) is 10.6. The van der Waals surface area contributed by atoms with Crippen molar-refractivity contribution >= 4 is 23.1 Å². The van der Waals surface area contributed by atoms with E-state index in [-0.39, 0.29) is 0 Å². The minimum absolute atomic E-state index is 0.496. The molecule has 3 nitrogen and oxygen atoms in total. The van der Waals surface area contributed by atoms with Crippen molar-refractivity contribution in [3.8, 4) is 17.0 Å². The molecule has 0 saturated heterocycles. The van der Waals surface area contributed by atoms with Crippen LogP contribution in [0.15, 0.2) is 59.1 Å². The van der Waals surface area contributed by atoms with Crippen LogP contribution in [-0.4, -0.2) is 15.7 Å². The van der Waals surface area contributed by atoms with E-state index in [1.807, 2.05) is 36.0 Å². The van der Waals surface area contributed by atoms with Gasteiger partial charge >= 0.3 is 0 Å². The first-order valence-electron chi connectivity index (χ1n) is 7.05. The Kier molecular flexibility index (Phi) is 5.08. The molecule has 0 saturated carbocycles. The summed E-state index contributed by atoms with van der Waals surface area (Å²) in [5, 5.41) is 3.02. The topological polar surface area (TPSA) is 35.0 Å². The summed E-state index contributed by atoms with van der Waals surface area (Å²) in [6.45, 7) is 2.65. The van der Waals surface area contributed by atoms with Gasteiger partial charge in [0.1, 0.15) is 17.4 Å². The van der Waals surface area contributed by atoms with Crippen molar-refractivity contribution in [3.63, 3.8) is 0 Å². The van der Waals surface area contributed by atoms with Gasteiger partial charge in [0.05, 0.1) is 5.69 Å². The molecule has 3 rings (SSSR count). The predicted octanol–water partition coefficient (Wildman–Crippen LogP) is 4.90. The number of ether oxygens (including phenoxy) is 1. The second-order valence-corrected chi connectivity index (χ2v) is 6.84. The van der Waals surface area contributed by atoms with Gasteiger partial charge in [0.25, 0.3) is 0 Å². The quantitative estimate of drug-likeness (QED) is 0.603. The van der Waals surface area contributed by atoms with Crippen molar-refractivity contribution in [3.05, 3.63) is 59.2 Å². The number of hydrogen-bond acceptors (Lipinski definition) is 5. The lowest BCUT2D eigenvalue weighted by atomic mass is 10.2. The molecule has 0 atom stereocenters. The van der Waals surface area contributed by atoms with Crippen molar-refractivity contribution in [1.82, 2.24) is 9.97 Å². The highest BCUT2D eigenvalue weighted by atomic mass is 32.2. The number of aromatic nitrogens is 2. The molecular formula is C17H16N2OS2. The molecule has 0 amide bonds. The highest BCUT2D eigenvalue weighted by Gasteiger charge is 2.05. The van der Waals surface area contributed by atoms with Gasteiger partial charge in [-0.1, -0.05) is 6.92 Å². The summed E-state index contributed by atoms with van der Waals surface area (Å²) in [6.07, 6.45) is 3.56.